The Hall–Kier alpha value is -0.830. The van der Waals surface area contributed by atoms with E-state index in [9.17, 15) is 0 Å². The highest BCUT2D eigenvalue weighted by Gasteiger charge is 2.28. The molecule has 2 aromatic carbocycles. The second-order valence-corrected chi connectivity index (χ2v) is 7.06. The Labute approximate surface area is 139 Å². The summed E-state index contributed by atoms with van der Waals surface area (Å²) in [5.41, 5.74) is 4.13. The fraction of sp³-hybridized carbons (Fsp3) is 0.333. The fourth-order valence-electron chi connectivity index (χ4n) is 3.25. The van der Waals surface area contributed by atoms with Crippen molar-refractivity contribution >= 4 is 27.5 Å². The molecular formula is C18H19BrClN. The van der Waals surface area contributed by atoms with Crippen LogP contribution in [0.4, 0.5) is 0 Å². The minimum absolute atomic E-state index is 0.520. The van der Waals surface area contributed by atoms with Crippen molar-refractivity contribution in [3.05, 3.63) is 68.7 Å². The molecule has 2 aromatic rings. The van der Waals surface area contributed by atoms with Gasteiger partial charge in [-0.3, -0.25) is 0 Å². The summed E-state index contributed by atoms with van der Waals surface area (Å²) < 4.78 is 0.989. The average Bonchev–Trinajstić information content (AvgIpc) is 2.50. The zero-order chi connectivity index (χ0) is 14.8. The van der Waals surface area contributed by atoms with Crippen LogP contribution in [-0.4, -0.2) is 13.1 Å². The third-order valence-electron chi connectivity index (χ3n) is 4.32. The number of hydrogen-bond acceptors (Lipinski definition) is 1. The molecule has 0 radical (unpaired) electrons. The molecule has 3 heteroatoms. The molecule has 0 bridgehead atoms. The molecule has 1 aliphatic heterocycles. The van der Waals surface area contributed by atoms with E-state index in [-0.39, 0.29) is 0 Å². The van der Waals surface area contributed by atoms with Crippen molar-refractivity contribution in [3.8, 4) is 0 Å². The zero-order valence-electron chi connectivity index (χ0n) is 12.1. The van der Waals surface area contributed by atoms with Gasteiger partial charge in [0.15, 0.2) is 0 Å². The van der Waals surface area contributed by atoms with Crippen LogP contribution in [0.2, 0.25) is 5.02 Å². The molecule has 2 atom stereocenters. The molecule has 0 saturated carbocycles. The van der Waals surface area contributed by atoms with Crippen LogP contribution in [0.25, 0.3) is 0 Å². The van der Waals surface area contributed by atoms with E-state index in [0.717, 1.165) is 29.0 Å². The maximum Gasteiger partial charge on any atom is 0.0548 e. The molecule has 2 unspecified atom stereocenters. The SMILES string of the molecule is Cc1cccc(C2CNCCC2c2ccc(Cl)c(Br)c2)c1. The van der Waals surface area contributed by atoms with Gasteiger partial charge in [0.25, 0.3) is 0 Å². The van der Waals surface area contributed by atoms with Crippen molar-refractivity contribution in [3.63, 3.8) is 0 Å². The second kappa shape index (κ2) is 6.51. The van der Waals surface area contributed by atoms with Crippen molar-refractivity contribution in [1.29, 1.82) is 0 Å². The number of benzene rings is 2. The molecule has 0 aromatic heterocycles. The van der Waals surface area contributed by atoms with Gasteiger partial charge in [-0.2, -0.15) is 0 Å². The van der Waals surface area contributed by atoms with E-state index in [2.05, 4.69) is 64.6 Å². The Morgan fingerprint density at radius 3 is 2.67 bits per heavy atom. The van der Waals surface area contributed by atoms with E-state index in [1.165, 1.54) is 16.7 Å². The first-order valence-corrected chi connectivity index (χ1v) is 8.54. The van der Waals surface area contributed by atoms with Crippen molar-refractivity contribution in [2.75, 3.05) is 13.1 Å². The van der Waals surface area contributed by atoms with Crippen molar-refractivity contribution < 1.29 is 0 Å². The van der Waals surface area contributed by atoms with E-state index in [1.807, 2.05) is 6.07 Å². The predicted molar refractivity (Wildman–Crippen MR) is 93.3 cm³/mol. The number of nitrogens with one attached hydrogen (secondary N) is 1. The number of halogens is 2. The molecule has 1 heterocycles. The molecule has 0 aliphatic carbocycles. The van der Waals surface area contributed by atoms with Gasteiger partial charge in [0.05, 0.1) is 5.02 Å². The third-order valence-corrected chi connectivity index (χ3v) is 5.54. The van der Waals surface area contributed by atoms with Gasteiger partial charge in [-0.25, -0.2) is 0 Å². The van der Waals surface area contributed by atoms with Crippen molar-refractivity contribution in [2.24, 2.45) is 0 Å². The minimum atomic E-state index is 0.520. The van der Waals surface area contributed by atoms with Crippen LogP contribution in [0.3, 0.4) is 0 Å². The highest BCUT2D eigenvalue weighted by Crippen LogP contribution is 2.39. The third kappa shape index (κ3) is 3.33. The monoisotopic (exact) mass is 363 g/mol. The Balaban J connectivity index is 1.96. The van der Waals surface area contributed by atoms with Gasteiger partial charge < -0.3 is 5.32 Å². The summed E-state index contributed by atoms with van der Waals surface area (Å²) in [5.74, 6) is 1.06. The maximum atomic E-state index is 6.13. The smallest absolute Gasteiger partial charge is 0.0548 e. The molecule has 1 N–H and O–H groups in total. The van der Waals surface area contributed by atoms with E-state index >= 15 is 0 Å². The molecule has 1 saturated heterocycles. The Morgan fingerprint density at radius 2 is 1.90 bits per heavy atom. The number of hydrogen-bond donors (Lipinski definition) is 1. The zero-order valence-corrected chi connectivity index (χ0v) is 14.4. The van der Waals surface area contributed by atoms with Gasteiger partial charge >= 0.3 is 0 Å². The summed E-state index contributed by atoms with van der Waals surface area (Å²) in [5, 5.41) is 4.32. The molecule has 1 fully saturated rings. The topological polar surface area (TPSA) is 12.0 Å². The standard InChI is InChI=1S/C18H19BrClN/c1-12-3-2-4-13(9-12)16-11-21-8-7-15(16)14-5-6-18(20)17(19)10-14/h2-6,9-10,15-16,21H,7-8,11H2,1H3. The summed E-state index contributed by atoms with van der Waals surface area (Å²) in [6, 6.07) is 15.2. The minimum Gasteiger partial charge on any atom is -0.316 e. The predicted octanol–water partition coefficient (Wildman–Crippen LogP) is 5.27. The Bertz CT molecular complexity index is 641. The summed E-state index contributed by atoms with van der Waals surface area (Å²) >= 11 is 9.69. The normalized spacial score (nSPS) is 22.2. The summed E-state index contributed by atoms with van der Waals surface area (Å²) in [6.45, 7) is 4.27. The lowest BCUT2D eigenvalue weighted by molar-refractivity contribution is 0.404. The lowest BCUT2D eigenvalue weighted by Gasteiger charge is -2.33. The first-order chi connectivity index (χ1) is 10.1. The van der Waals surface area contributed by atoms with Crippen LogP contribution in [0.15, 0.2) is 46.9 Å². The van der Waals surface area contributed by atoms with Gasteiger partial charge in [-0.05, 0) is 65.0 Å². The first-order valence-electron chi connectivity index (χ1n) is 7.37. The van der Waals surface area contributed by atoms with Gasteiger partial charge in [0.1, 0.15) is 0 Å². The molecule has 3 rings (SSSR count). The van der Waals surface area contributed by atoms with Gasteiger partial charge in [-0.15, -0.1) is 0 Å². The number of piperidine rings is 1. The van der Waals surface area contributed by atoms with Crippen LogP contribution in [0.5, 0.6) is 0 Å². The van der Waals surface area contributed by atoms with Crippen molar-refractivity contribution in [1.82, 2.24) is 5.32 Å². The molecule has 21 heavy (non-hydrogen) atoms. The van der Waals surface area contributed by atoms with E-state index in [0.29, 0.717) is 11.8 Å². The fourth-order valence-corrected chi connectivity index (χ4v) is 3.77. The van der Waals surface area contributed by atoms with E-state index < -0.39 is 0 Å². The van der Waals surface area contributed by atoms with Crippen LogP contribution in [-0.2, 0) is 0 Å². The van der Waals surface area contributed by atoms with Crippen molar-refractivity contribution in [2.45, 2.75) is 25.2 Å². The quantitative estimate of drug-likeness (QED) is 0.765. The Morgan fingerprint density at radius 1 is 1.10 bits per heavy atom. The molecule has 110 valence electrons. The molecular weight excluding hydrogens is 346 g/mol. The molecule has 0 amide bonds. The first kappa shape index (κ1) is 15.1. The summed E-state index contributed by atoms with van der Waals surface area (Å²) in [6.07, 6.45) is 1.16. The van der Waals surface area contributed by atoms with E-state index in [1.54, 1.807) is 0 Å². The van der Waals surface area contributed by atoms with Gasteiger partial charge in [0, 0.05) is 16.9 Å². The summed E-state index contributed by atoms with van der Waals surface area (Å²) in [7, 11) is 0. The second-order valence-electron chi connectivity index (χ2n) is 5.79. The van der Waals surface area contributed by atoms with Crippen LogP contribution < -0.4 is 5.32 Å². The lowest BCUT2D eigenvalue weighted by Crippen LogP contribution is -2.34. The van der Waals surface area contributed by atoms with Crippen LogP contribution in [0.1, 0.15) is 34.9 Å². The highest BCUT2D eigenvalue weighted by atomic mass is 79.9. The van der Waals surface area contributed by atoms with E-state index in [4.69, 9.17) is 11.6 Å². The molecule has 0 spiro atoms. The lowest BCUT2D eigenvalue weighted by atomic mass is 9.77. The summed E-state index contributed by atoms with van der Waals surface area (Å²) in [4.78, 5) is 0. The largest absolute Gasteiger partial charge is 0.316 e. The average molecular weight is 365 g/mol. The van der Waals surface area contributed by atoms with Gasteiger partial charge in [0.2, 0.25) is 0 Å². The highest BCUT2D eigenvalue weighted by molar-refractivity contribution is 9.10. The maximum absolute atomic E-state index is 6.13. The number of aryl methyl sites for hydroxylation is 1. The Kier molecular flexibility index (Phi) is 4.68. The molecule has 1 nitrogen and oxygen atoms in total. The molecule has 1 aliphatic rings. The van der Waals surface area contributed by atoms with Gasteiger partial charge in [-0.1, -0.05) is 47.5 Å². The van der Waals surface area contributed by atoms with Crippen LogP contribution >= 0.6 is 27.5 Å². The van der Waals surface area contributed by atoms with Crippen LogP contribution in [0, 0.1) is 6.92 Å². The number of rotatable bonds is 2.